The monoisotopic (exact) mass is 399 g/mol. The van der Waals surface area contributed by atoms with Crippen LogP contribution in [0.2, 0.25) is 0 Å². The first kappa shape index (κ1) is 15.1. The van der Waals surface area contributed by atoms with Crippen molar-refractivity contribution in [2.75, 3.05) is 0 Å². The molecule has 0 atom stereocenters. The van der Waals surface area contributed by atoms with Crippen molar-refractivity contribution in [2.45, 2.75) is 6.61 Å². The van der Waals surface area contributed by atoms with E-state index in [1.54, 1.807) is 29.5 Å². The van der Waals surface area contributed by atoms with E-state index in [1.165, 1.54) is 10.2 Å². The lowest BCUT2D eigenvalue weighted by Crippen LogP contribution is -3.00. The molecule has 20 heavy (non-hydrogen) atoms. The molecule has 0 fully saturated rings. The van der Waals surface area contributed by atoms with Crippen LogP contribution >= 0.6 is 11.3 Å². The van der Waals surface area contributed by atoms with Crippen molar-refractivity contribution in [3.05, 3.63) is 53.5 Å². The predicted octanol–water partition coefficient (Wildman–Crippen LogP) is 0.0144. The molecule has 0 saturated heterocycles. The van der Waals surface area contributed by atoms with E-state index >= 15 is 0 Å². The number of aryl methyl sites for hydroxylation is 1. The molecule has 0 unspecified atom stereocenters. The van der Waals surface area contributed by atoms with Gasteiger partial charge < -0.3 is 33.8 Å². The molecule has 0 bridgehead atoms. The van der Waals surface area contributed by atoms with E-state index in [0.717, 1.165) is 5.01 Å². The highest BCUT2D eigenvalue weighted by molar-refractivity contribution is 7.18. The van der Waals surface area contributed by atoms with Crippen LogP contribution in [0.1, 0.15) is 5.01 Å². The van der Waals surface area contributed by atoms with Gasteiger partial charge in [0.25, 0.3) is 5.01 Å². The zero-order valence-electron chi connectivity index (χ0n) is 10.9. The second-order valence-electron chi connectivity index (χ2n) is 4.28. The Morgan fingerprint density at radius 1 is 1.10 bits per heavy atom. The maximum absolute atomic E-state index is 9.67. The van der Waals surface area contributed by atoms with Crippen LogP contribution in [-0.2, 0) is 13.7 Å². The van der Waals surface area contributed by atoms with Gasteiger partial charge in [-0.3, -0.25) is 0 Å². The maximum Gasteiger partial charge on any atom is 0.276 e. The molecular weight excluding hydrogens is 385 g/mol. The highest BCUT2D eigenvalue weighted by atomic mass is 127. The van der Waals surface area contributed by atoms with Crippen molar-refractivity contribution in [2.24, 2.45) is 7.05 Å². The van der Waals surface area contributed by atoms with E-state index in [-0.39, 0.29) is 29.7 Å². The van der Waals surface area contributed by atoms with Crippen molar-refractivity contribution in [1.29, 1.82) is 0 Å². The summed E-state index contributed by atoms with van der Waals surface area (Å²) in [5.74, 6) is 0.686. The molecule has 1 heterocycles. The zero-order chi connectivity index (χ0) is 13.2. The second-order valence-corrected chi connectivity index (χ2v) is 5.39. The number of benzene rings is 2. The number of ether oxygens (including phenoxy) is 1. The molecule has 0 aliphatic carbocycles. The number of hydrogen-bond acceptors (Lipinski definition) is 3. The molecule has 1 N–H and O–H groups in total. The lowest BCUT2D eigenvalue weighted by atomic mass is 10.3. The summed E-state index contributed by atoms with van der Waals surface area (Å²) in [5.41, 5.74) is 1.20. The first-order chi connectivity index (χ1) is 9.25. The summed E-state index contributed by atoms with van der Waals surface area (Å²) in [6, 6.07) is 15.3. The Balaban J connectivity index is 0.00000147. The molecule has 0 saturated carbocycles. The standard InChI is InChI=1S/C15H13NO2S.HI/c1-16-11-6-2-5-9-14(11)19-15(16)10-18-13-8-4-3-7-12(13)17;/h2-9H,10H2,1H3;1H. The minimum Gasteiger partial charge on any atom is -1.00 e. The molecule has 0 aliphatic heterocycles. The fourth-order valence-corrected chi connectivity index (χ4v) is 3.06. The van der Waals surface area contributed by atoms with E-state index in [2.05, 4.69) is 16.7 Å². The number of aromatic nitrogens is 1. The number of rotatable bonds is 3. The fourth-order valence-electron chi connectivity index (χ4n) is 2.00. The number of phenolic OH excluding ortho intramolecular Hbond substituents is 1. The van der Waals surface area contributed by atoms with E-state index in [4.69, 9.17) is 4.74 Å². The fraction of sp³-hybridized carbons (Fsp3) is 0.133. The summed E-state index contributed by atoms with van der Waals surface area (Å²) < 4.78 is 9.03. The molecule has 2 aromatic carbocycles. The highest BCUT2D eigenvalue weighted by Gasteiger charge is 2.17. The summed E-state index contributed by atoms with van der Waals surface area (Å²) in [7, 11) is 2.03. The van der Waals surface area contributed by atoms with Gasteiger partial charge in [-0.25, -0.2) is 0 Å². The van der Waals surface area contributed by atoms with Gasteiger partial charge in [0.1, 0.15) is 11.7 Å². The van der Waals surface area contributed by atoms with Gasteiger partial charge in [0, 0.05) is 6.07 Å². The topological polar surface area (TPSA) is 33.3 Å². The quantitative estimate of drug-likeness (QED) is 0.498. The molecule has 0 spiro atoms. The second kappa shape index (κ2) is 6.41. The van der Waals surface area contributed by atoms with Gasteiger partial charge in [-0.2, -0.15) is 4.57 Å². The Labute approximate surface area is 138 Å². The molecular formula is C15H14INO2S. The Morgan fingerprint density at radius 2 is 1.80 bits per heavy atom. The van der Waals surface area contributed by atoms with Crippen LogP contribution in [0.25, 0.3) is 10.2 Å². The van der Waals surface area contributed by atoms with Crippen LogP contribution < -0.4 is 33.3 Å². The van der Waals surface area contributed by atoms with Crippen molar-refractivity contribution >= 4 is 21.6 Å². The molecule has 0 aliphatic rings. The molecule has 3 aromatic rings. The van der Waals surface area contributed by atoms with Crippen LogP contribution in [0.15, 0.2) is 48.5 Å². The molecule has 0 radical (unpaired) electrons. The van der Waals surface area contributed by atoms with E-state index in [9.17, 15) is 5.11 Å². The number of hydrogen-bond donors (Lipinski definition) is 1. The summed E-state index contributed by atoms with van der Waals surface area (Å²) in [4.78, 5) is 0. The van der Waals surface area contributed by atoms with Crippen molar-refractivity contribution in [1.82, 2.24) is 0 Å². The zero-order valence-corrected chi connectivity index (χ0v) is 13.9. The minimum atomic E-state index is 0. The first-order valence-corrected chi connectivity index (χ1v) is 6.84. The van der Waals surface area contributed by atoms with Crippen LogP contribution in [0.3, 0.4) is 0 Å². The van der Waals surface area contributed by atoms with Gasteiger partial charge in [-0.05, 0) is 18.2 Å². The van der Waals surface area contributed by atoms with E-state index < -0.39 is 0 Å². The van der Waals surface area contributed by atoms with Crippen molar-refractivity contribution < 1.29 is 38.4 Å². The Morgan fingerprint density at radius 3 is 2.55 bits per heavy atom. The molecule has 3 nitrogen and oxygen atoms in total. The summed E-state index contributed by atoms with van der Waals surface area (Å²) in [5, 5.41) is 10.8. The van der Waals surface area contributed by atoms with Crippen LogP contribution in [0, 0.1) is 0 Å². The smallest absolute Gasteiger partial charge is 0.276 e. The normalized spacial score (nSPS) is 10.2. The molecule has 104 valence electrons. The minimum absolute atomic E-state index is 0. The first-order valence-electron chi connectivity index (χ1n) is 6.03. The Bertz CT molecular complexity index is 727. The van der Waals surface area contributed by atoms with Gasteiger partial charge in [0.15, 0.2) is 18.1 Å². The van der Waals surface area contributed by atoms with Crippen LogP contribution in [-0.4, -0.2) is 5.11 Å². The average Bonchev–Trinajstić information content (AvgIpc) is 2.75. The third kappa shape index (κ3) is 2.88. The number of para-hydroxylation sites is 3. The van der Waals surface area contributed by atoms with Gasteiger partial charge in [-0.15, -0.1) is 0 Å². The molecule has 5 heteroatoms. The third-order valence-electron chi connectivity index (χ3n) is 3.04. The van der Waals surface area contributed by atoms with Crippen LogP contribution in [0.5, 0.6) is 11.5 Å². The summed E-state index contributed by atoms with van der Waals surface area (Å²) in [6.07, 6.45) is 0. The largest absolute Gasteiger partial charge is 1.00 e. The van der Waals surface area contributed by atoms with Crippen molar-refractivity contribution in [3.63, 3.8) is 0 Å². The van der Waals surface area contributed by atoms with Gasteiger partial charge in [0.2, 0.25) is 5.52 Å². The number of fused-ring (bicyclic) bond motifs is 1. The molecule has 0 amide bonds. The number of phenols is 1. The Hall–Kier alpha value is -1.34. The Kier molecular flexibility index (Phi) is 4.82. The number of nitrogens with zero attached hydrogens (tertiary/aromatic N) is 1. The van der Waals surface area contributed by atoms with Crippen molar-refractivity contribution in [3.8, 4) is 11.5 Å². The maximum atomic E-state index is 9.67. The lowest BCUT2D eigenvalue weighted by molar-refractivity contribution is -0.649. The van der Waals surface area contributed by atoms with Gasteiger partial charge in [-0.1, -0.05) is 35.6 Å². The SMILES string of the molecule is C[n+]1c(COc2ccccc2O)sc2ccccc21.[I-]. The highest BCUT2D eigenvalue weighted by Crippen LogP contribution is 2.26. The van der Waals surface area contributed by atoms with Gasteiger partial charge >= 0.3 is 0 Å². The summed E-state index contributed by atoms with van der Waals surface area (Å²) in [6.45, 7) is 0.452. The lowest BCUT2D eigenvalue weighted by Gasteiger charge is -2.04. The predicted molar refractivity (Wildman–Crippen MR) is 75.4 cm³/mol. The average molecular weight is 399 g/mol. The summed E-state index contributed by atoms with van der Waals surface area (Å²) >= 11 is 1.71. The molecule has 3 rings (SSSR count). The number of aromatic hydroxyl groups is 1. The van der Waals surface area contributed by atoms with E-state index in [0.29, 0.717) is 12.4 Å². The van der Waals surface area contributed by atoms with E-state index in [1.807, 2.05) is 25.2 Å². The molecule has 1 aromatic heterocycles. The number of halogens is 1. The third-order valence-corrected chi connectivity index (χ3v) is 4.24. The van der Waals surface area contributed by atoms with Gasteiger partial charge in [0.05, 0.1) is 0 Å². The van der Waals surface area contributed by atoms with Crippen LogP contribution in [0.4, 0.5) is 0 Å². The number of thiazole rings is 1.